The van der Waals surface area contributed by atoms with Crippen molar-refractivity contribution in [1.29, 1.82) is 0 Å². The van der Waals surface area contributed by atoms with Crippen molar-refractivity contribution < 1.29 is 17.9 Å². The fourth-order valence-electron chi connectivity index (χ4n) is 2.51. The predicted molar refractivity (Wildman–Crippen MR) is 115 cm³/mol. The molecule has 0 spiro atoms. The average molecular weight is 448 g/mol. The van der Waals surface area contributed by atoms with E-state index in [0.717, 1.165) is 21.6 Å². The predicted octanol–water partition coefficient (Wildman–Crippen LogP) is 2.46. The van der Waals surface area contributed by atoms with Gasteiger partial charge in [0, 0.05) is 19.7 Å². The van der Waals surface area contributed by atoms with Crippen LogP contribution in [0.2, 0.25) is 0 Å². The number of amides is 1. The zero-order valence-electron chi connectivity index (χ0n) is 16.6. The Morgan fingerprint density at radius 3 is 2.60 bits per heavy atom. The van der Waals surface area contributed by atoms with Gasteiger partial charge in [0.2, 0.25) is 21.1 Å². The minimum Gasteiger partial charge on any atom is -0.495 e. The van der Waals surface area contributed by atoms with Crippen molar-refractivity contribution in [3.8, 4) is 17.1 Å². The van der Waals surface area contributed by atoms with Crippen LogP contribution in [0, 0.1) is 0 Å². The van der Waals surface area contributed by atoms with Gasteiger partial charge in [0.05, 0.1) is 23.4 Å². The topological polar surface area (TPSA) is 117 Å². The molecule has 2 aromatic carbocycles. The quantitative estimate of drug-likeness (QED) is 0.509. The Bertz CT molecular complexity index is 1130. The minimum atomic E-state index is -3.64. The van der Waals surface area contributed by atoms with Crippen molar-refractivity contribution in [1.82, 2.24) is 19.5 Å². The highest BCUT2D eigenvalue weighted by Gasteiger charge is 2.20. The molecular weight excluding hydrogens is 426 g/mol. The lowest BCUT2D eigenvalue weighted by Crippen LogP contribution is -2.22. The van der Waals surface area contributed by atoms with Gasteiger partial charge in [-0.2, -0.15) is 0 Å². The van der Waals surface area contributed by atoms with Crippen LogP contribution in [0.15, 0.2) is 58.6 Å². The molecule has 0 fully saturated rings. The van der Waals surface area contributed by atoms with Gasteiger partial charge >= 0.3 is 0 Å². The van der Waals surface area contributed by atoms with Crippen molar-refractivity contribution in [3.63, 3.8) is 0 Å². The normalized spacial score (nSPS) is 11.5. The van der Waals surface area contributed by atoms with Crippen LogP contribution in [0.3, 0.4) is 0 Å². The third-order valence-corrected chi connectivity index (χ3v) is 6.73. The van der Waals surface area contributed by atoms with Gasteiger partial charge in [-0.1, -0.05) is 42.1 Å². The summed E-state index contributed by atoms with van der Waals surface area (Å²) in [7, 11) is 0.680. The molecule has 11 heteroatoms. The van der Waals surface area contributed by atoms with E-state index in [1.54, 1.807) is 0 Å². The number of hydrogen-bond donors (Lipinski definition) is 2. The number of aromatic nitrogens is 3. The fraction of sp³-hybridized carbons (Fsp3) is 0.211. The van der Waals surface area contributed by atoms with Crippen LogP contribution in [0.4, 0.5) is 5.69 Å². The smallest absolute Gasteiger partial charge is 0.242 e. The molecule has 1 amide bonds. The maximum atomic E-state index is 12.4. The first-order valence-corrected chi connectivity index (χ1v) is 11.2. The molecule has 9 nitrogen and oxygen atoms in total. The second-order valence-corrected chi connectivity index (χ2v) is 9.41. The Morgan fingerprint density at radius 2 is 1.93 bits per heavy atom. The summed E-state index contributed by atoms with van der Waals surface area (Å²) in [5, 5.41) is 10.1. The monoisotopic (exact) mass is 447 g/mol. The summed E-state index contributed by atoms with van der Waals surface area (Å²) in [6, 6.07) is 13.8. The molecule has 2 N–H and O–H groups in total. The van der Waals surface area contributed by atoms with Gasteiger partial charge in [0.15, 0.2) is 5.82 Å². The number of methoxy groups -OCH3 is 1. The Hall–Kier alpha value is -2.89. The van der Waals surface area contributed by atoms with Crippen LogP contribution in [-0.4, -0.2) is 60.8 Å². The van der Waals surface area contributed by atoms with E-state index < -0.39 is 10.0 Å². The number of benzene rings is 2. The number of H-pyrrole nitrogens is 1. The van der Waals surface area contributed by atoms with Crippen LogP contribution in [-0.2, 0) is 14.8 Å². The molecule has 3 aromatic rings. The lowest BCUT2D eigenvalue weighted by molar-refractivity contribution is -0.113. The molecule has 0 saturated carbocycles. The summed E-state index contributed by atoms with van der Waals surface area (Å²) < 4.78 is 31.0. The number of aromatic amines is 1. The first-order chi connectivity index (χ1) is 14.3. The number of thioether (sulfide) groups is 1. The van der Waals surface area contributed by atoms with Crippen LogP contribution < -0.4 is 10.1 Å². The first kappa shape index (κ1) is 21.8. The third kappa shape index (κ3) is 4.99. The molecule has 158 valence electrons. The molecule has 0 aliphatic carbocycles. The Morgan fingerprint density at radius 1 is 1.20 bits per heavy atom. The third-order valence-electron chi connectivity index (χ3n) is 4.07. The highest BCUT2D eigenvalue weighted by atomic mass is 32.2. The summed E-state index contributed by atoms with van der Waals surface area (Å²) in [4.78, 5) is 16.8. The number of anilines is 1. The maximum Gasteiger partial charge on any atom is 0.242 e. The number of nitrogens with zero attached hydrogens (tertiary/aromatic N) is 3. The number of carbonyl (C=O) groups is 1. The van der Waals surface area contributed by atoms with Gasteiger partial charge < -0.3 is 10.1 Å². The molecule has 0 unspecified atom stereocenters. The van der Waals surface area contributed by atoms with Crippen molar-refractivity contribution in [2.45, 2.75) is 10.1 Å². The van der Waals surface area contributed by atoms with E-state index in [4.69, 9.17) is 4.74 Å². The Balaban J connectivity index is 1.68. The fourth-order valence-corrected chi connectivity index (χ4v) is 4.04. The van der Waals surface area contributed by atoms with E-state index >= 15 is 0 Å². The van der Waals surface area contributed by atoms with Gasteiger partial charge in [-0.05, 0) is 18.2 Å². The van der Waals surface area contributed by atoms with Crippen molar-refractivity contribution in [2.75, 3.05) is 32.3 Å². The molecule has 0 saturated heterocycles. The van der Waals surface area contributed by atoms with Gasteiger partial charge in [0.1, 0.15) is 5.75 Å². The summed E-state index contributed by atoms with van der Waals surface area (Å²) in [6.07, 6.45) is 0. The number of ether oxygens (including phenoxy) is 1. The van der Waals surface area contributed by atoms with E-state index in [-0.39, 0.29) is 22.2 Å². The zero-order valence-corrected chi connectivity index (χ0v) is 18.3. The summed E-state index contributed by atoms with van der Waals surface area (Å²) in [5.41, 5.74) is 1.16. The second kappa shape index (κ2) is 9.28. The number of sulfonamides is 1. The van der Waals surface area contributed by atoms with Crippen molar-refractivity contribution >= 4 is 33.4 Å². The highest BCUT2D eigenvalue weighted by Crippen LogP contribution is 2.29. The molecule has 1 heterocycles. The maximum absolute atomic E-state index is 12.4. The van der Waals surface area contributed by atoms with Crippen LogP contribution in [0.25, 0.3) is 11.4 Å². The highest BCUT2D eigenvalue weighted by molar-refractivity contribution is 7.99. The summed E-state index contributed by atoms with van der Waals surface area (Å²) in [6.45, 7) is 0. The zero-order chi connectivity index (χ0) is 21.7. The standard InChI is InChI=1S/C19H21N5O4S2/c1-24(2)30(26,27)14-9-10-16(28-3)15(11-14)20-17(25)12-29-19-21-18(22-23-19)13-7-5-4-6-8-13/h4-11H,12H2,1-3H3,(H,20,25)(H,21,22,23). The second-order valence-electron chi connectivity index (χ2n) is 6.32. The van der Waals surface area contributed by atoms with E-state index in [0.29, 0.717) is 16.7 Å². The number of rotatable bonds is 8. The van der Waals surface area contributed by atoms with Crippen LogP contribution >= 0.6 is 11.8 Å². The molecule has 1 aromatic heterocycles. The van der Waals surface area contributed by atoms with Gasteiger partial charge in [-0.15, -0.1) is 5.10 Å². The molecule has 0 atom stereocenters. The van der Waals surface area contributed by atoms with Gasteiger partial charge in [-0.3, -0.25) is 9.89 Å². The van der Waals surface area contributed by atoms with E-state index in [1.807, 2.05) is 30.3 Å². The number of hydrogen-bond acceptors (Lipinski definition) is 7. The number of carbonyl (C=O) groups excluding carboxylic acids is 1. The Labute approximate surface area is 178 Å². The lowest BCUT2D eigenvalue weighted by Gasteiger charge is -2.15. The van der Waals surface area contributed by atoms with E-state index in [1.165, 1.54) is 39.4 Å². The molecular formula is C19H21N5O4S2. The van der Waals surface area contributed by atoms with Crippen LogP contribution in [0.1, 0.15) is 0 Å². The molecule has 0 bridgehead atoms. The minimum absolute atomic E-state index is 0.0416. The molecule has 0 aliphatic rings. The number of nitrogens with one attached hydrogen (secondary N) is 2. The van der Waals surface area contributed by atoms with Gasteiger partial charge in [-0.25, -0.2) is 17.7 Å². The van der Waals surface area contributed by atoms with Gasteiger partial charge in [0.25, 0.3) is 0 Å². The molecule has 30 heavy (non-hydrogen) atoms. The van der Waals surface area contributed by atoms with Crippen molar-refractivity contribution in [2.24, 2.45) is 0 Å². The van der Waals surface area contributed by atoms with E-state index in [9.17, 15) is 13.2 Å². The Kier molecular flexibility index (Phi) is 6.75. The van der Waals surface area contributed by atoms with E-state index in [2.05, 4.69) is 20.5 Å². The largest absolute Gasteiger partial charge is 0.495 e. The van der Waals surface area contributed by atoms with Crippen molar-refractivity contribution in [3.05, 3.63) is 48.5 Å². The lowest BCUT2D eigenvalue weighted by atomic mass is 10.2. The summed E-state index contributed by atoms with van der Waals surface area (Å²) >= 11 is 1.16. The molecule has 3 rings (SSSR count). The SMILES string of the molecule is COc1ccc(S(=O)(=O)N(C)C)cc1NC(=O)CSc1n[nH]c(-c2ccccc2)n1. The summed E-state index contributed by atoms with van der Waals surface area (Å²) in [5.74, 6) is 0.667. The molecule has 0 aliphatic heterocycles. The first-order valence-electron chi connectivity index (χ1n) is 8.82. The average Bonchev–Trinajstić information content (AvgIpc) is 3.22. The van der Waals surface area contributed by atoms with Crippen LogP contribution in [0.5, 0.6) is 5.75 Å². The molecule has 0 radical (unpaired) electrons.